The van der Waals surface area contributed by atoms with Gasteiger partial charge >= 0.3 is 5.97 Å². The monoisotopic (exact) mass is 486 g/mol. The maximum absolute atomic E-state index is 12.2. The Morgan fingerprint density at radius 2 is 1.44 bits per heavy atom. The van der Waals surface area contributed by atoms with Crippen LogP contribution >= 0.6 is 0 Å². The molecule has 0 aliphatic rings. The summed E-state index contributed by atoms with van der Waals surface area (Å²) in [7, 11) is 4.45. The molecule has 5 rings (SSSR count). The highest BCUT2D eigenvalue weighted by molar-refractivity contribution is 6.02. The number of aromatic nitrogens is 2. The first-order valence-corrected chi connectivity index (χ1v) is 11.4. The van der Waals surface area contributed by atoms with Crippen molar-refractivity contribution < 1.29 is 27.8 Å². The number of oxazole rings is 2. The van der Waals surface area contributed by atoms with Gasteiger partial charge in [-0.1, -0.05) is 32.9 Å². The van der Waals surface area contributed by atoms with Gasteiger partial charge in [-0.15, -0.1) is 0 Å². The lowest BCUT2D eigenvalue weighted by Gasteiger charge is -2.18. The number of para-hydroxylation sites is 1. The minimum absolute atomic E-state index is 0.0107. The second-order valence-corrected chi connectivity index (χ2v) is 9.37. The minimum atomic E-state index is -0.495. The molecule has 2 heterocycles. The number of hydrogen-bond acceptors (Lipinski definition) is 8. The molecule has 0 saturated carbocycles. The van der Waals surface area contributed by atoms with Crippen LogP contribution in [0.1, 0.15) is 36.7 Å². The van der Waals surface area contributed by atoms with Crippen molar-refractivity contribution in [3.8, 4) is 34.4 Å². The summed E-state index contributed by atoms with van der Waals surface area (Å²) in [5.41, 5.74) is 4.93. The number of benzene rings is 3. The van der Waals surface area contributed by atoms with Gasteiger partial charge in [-0.05, 0) is 47.4 Å². The molecule has 0 unspecified atom stereocenters. The van der Waals surface area contributed by atoms with Crippen molar-refractivity contribution in [2.24, 2.45) is 0 Å². The molecule has 0 N–H and O–H groups in total. The standard InChI is InChI=1S/C28H26N2O6/c1-28(2,3)15-10-11-20-19(12-15)29-25(35-20)17-13-23(33-5)18(14-22(17)32-4)26-30-24-16(27(31)34-6)8-7-9-21(24)36-26/h7-14H,1-6H3. The molecule has 5 aromatic rings. The summed E-state index contributed by atoms with van der Waals surface area (Å²) < 4.78 is 28.3. The fourth-order valence-electron chi connectivity index (χ4n) is 4.08. The lowest BCUT2D eigenvalue weighted by Crippen LogP contribution is -2.10. The number of ether oxygens (including phenoxy) is 3. The first-order valence-electron chi connectivity index (χ1n) is 11.4. The summed E-state index contributed by atoms with van der Waals surface area (Å²) >= 11 is 0. The summed E-state index contributed by atoms with van der Waals surface area (Å²) in [5, 5.41) is 0. The average molecular weight is 487 g/mol. The number of fused-ring (bicyclic) bond motifs is 2. The molecular weight excluding hydrogens is 460 g/mol. The lowest BCUT2D eigenvalue weighted by molar-refractivity contribution is 0.0602. The summed E-state index contributed by atoms with van der Waals surface area (Å²) in [5.74, 6) is 1.17. The van der Waals surface area contributed by atoms with E-state index in [1.54, 1.807) is 44.6 Å². The number of esters is 1. The van der Waals surface area contributed by atoms with Gasteiger partial charge in [-0.2, -0.15) is 0 Å². The molecule has 3 aromatic carbocycles. The Labute approximate surface area is 207 Å². The van der Waals surface area contributed by atoms with Crippen molar-refractivity contribution in [3.05, 3.63) is 59.7 Å². The Kier molecular flexibility index (Phi) is 5.67. The predicted molar refractivity (Wildman–Crippen MR) is 136 cm³/mol. The van der Waals surface area contributed by atoms with E-state index in [1.807, 2.05) is 18.2 Å². The molecule has 0 atom stereocenters. The highest BCUT2D eigenvalue weighted by Crippen LogP contribution is 2.42. The van der Waals surface area contributed by atoms with E-state index in [1.165, 1.54) is 7.11 Å². The van der Waals surface area contributed by atoms with E-state index in [0.717, 1.165) is 11.1 Å². The quantitative estimate of drug-likeness (QED) is 0.263. The number of hydrogen-bond donors (Lipinski definition) is 0. The van der Waals surface area contributed by atoms with Crippen LogP contribution < -0.4 is 9.47 Å². The van der Waals surface area contributed by atoms with Gasteiger partial charge in [-0.3, -0.25) is 0 Å². The third-order valence-corrected chi connectivity index (χ3v) is 6.06. The second-order valence-electron chi connectivity index (χ2n) is 9.37. The van der Waals surface area contributed by atoms with Crippen LogP contribution in [0.5, 0.6) is 11.5 Å². The Hall–Kier alpha value is -4.33. The van der Waals surface area contributed by atoms with Gasteiger partial charge in [0.15, 0.2) is 11.2 Å². The minimum Gasteiger partial charge on any atom is -0.496 e. The van der Waals surface area contributed by atoms with E-state index in [4.69, 9.17) is 28.0 Å². The van der Waals surface area contributed by atoms with Gasteiger partial charge in [-0.25, -0.2) is 14.8 Å². The average Bonchev–Trinajstić information content (AvgIpc) is 3.50. The van der Waals surface area contributed by atoms with Crippen molar-refractivity contribution in [3.63, 3.8) is 0 Å². The molecule has 0 radical (unpaired) electrons. The van der Waals surface area contributed by atoms with Crippen LogP contribution in [0, 0.1) is 0 Å². The van der Waals surface area contributed by atoms with Gasteiger partial charge < -0.3 is 23.0 Å². The molecule has 8 nitrogen and oxygen atoms in total. The topological polar surface area (TPSA) is 96.8 Å². The van der Waals surface area contributed by atoms with E-state index in [0.29, 0.717) is 50.8 Å². The molecule has 0 bridgehead atoms. The first-order chi connectivity index (χ1) is 17.2. The van der Waals surface area contributed by atoms with E-state index >= 15 is 0 Å². The van der Waals surface area contributed by atoms with Crippen LogP contribution in [-0.4, -0.2) is 37.3 Å². The van der Waals surface area contributed by atoms with Crippen molar-refractivity contribution in [1.29, 1.82) is 0 Å². The zero-order valence-corrected chi connectivity index (χ0v) is 21.0. The summed E-state index contributed by atoms with van der Waals surface area (Å²) in [6, 6.07) is 14.6. The number of nitrogens with zero attached hydrogens (tertiary/aromatic N) is 2. The lowest BCUT2D eigenvalue weighted by atomic mass is 9.87. The third-order valence-electron chi connectivity index (χ3n) is 6.06. The van der Waals surface area contributed by atoms with Crippen molar-refractivity contribution in [2.45, 2.75) is 26.2 Å². The van der Waals surface area contributed by atoms with Crippen molar-refractivity contribution >= 4 is 28.2 Å². The van der Waals surface area contributed by atoms with E-state index in [2.05, 4.69) is 25.8 Å². The smallest absolute Gasteiger partial charge is 0.340 e. The van der Waals surface area contributed by atoms with Gasteiger partial charge in [0.05, 0.1) is 38.0 Å². The molecule has 0 spiro atoms. The van der Waals surface area contributed by atoms with E-state index in [-0.39, 0.29) is 11.3 Å². The number of rotatable bonds is 5. The van der Waals surface area contributed by atoms with Gasteiger partial charge in [0, 0.05) is 0 Å². The highest BCUT2D eigenvalue weighted by Gasteiger charge is 2.23. The van der Waals surface area contributed by atoms with Crippen LogP contribution in [0.15, 0.2) is 57.4 Å². The van der Waals surface area contributed by atoms with Gasteiger partial charge in [0.2, 0.25) is 11.8 Å². The molecule has 0 aliphatic carbocycles. The summed E-state index contributed by atoms with van der Waals surface area (Å²) in [4.78, 5) is 21.5. The number of methoxy groups -OCH3 is 3. The molecule has 0 aliphatic heterocycles. The van der Waals surface area contributed by atoms with Gasteiger partial charge in [0.25, 0.3) is 0 Å². The number of carbonyl (C=O) groups excluding carboxylic acids is 1. The summed E-state index contributed by atoms with van der Waals surface area (Å²) in [6.07, 6.45) is 0. The highest BCUT2D eigenvalue weighted by atomic mass is 16.5. The van der Waals surface area contributed by atoms with Crippen LogP contribution in [0.3, 0.4) is 0 Å². The van der Waals surface area contributed by atoms with Crippen LogP contribution in [-0.2, 0) is 10.2 Å². The normalized spacial score (nSPS) is 11.7. The molecular formula is C28H26N2O6. The maximum atomic E-state index is 12.2. The zero-order valence-electron chi connectivity index (χ0n) is 21.0. The SMILES string of the molecule is COC(=O)c1cccc2oc(-c3cc(OC)c(-c4nc5cc(C(C)(C)C)ccc5o4)cc3OC)nc12. The van der Waals surface area contributed by atoms with Crippen LogP contribution in [0.25, 0.3) is 45.1 Å². The fraction of sp³-hybridized carbons (Fsp3) is 0.250. The van der Waals surface area contributed by atoms with Crippen molar-refractivity contribution in [1.82, 2.24) is 9.97 Å². The van der Waals surface area contributed by atoms with Crippen LogP contribution in [0.4, 0.5) is 0 Å². The molecule has 184 valence electrons. The van der Waals surface area contributed by atoms with E-state index < -0.39 is 5.97 Å². The maximum Gasteiger partial charge on any atom is 0.340 e. The molecule has 8 heteroatoms. The summed E-state index contributed by atoms with van der Waals surface area (Å²) in [6.45, 7) is 6.46. The van der Waals surface area contributed by atoms with Gasteiger partial charge in [0.1, 0.15) is 22.5 Å². The van der Waals surface area contributed by atoms with Crippen LogP contribution in [0.2, 0.25) is 0 Å². The molecule has 0 fully saturated rings. The Morgan fingerprint density at radius 3 is 2.06 bits per heavy atom. The Morgan fingerprint density at radius 1 is 0.806 bits per heavy atom. The first kappa shape index (κ1) is 23.4. The fourth-order valence-corrected chi connectivity index (χ4v) is 4.08. The Bertz CT molecular complexity index is 1610. The zero-order chi connectivity index (χ0) is 25.6. The molecule has 0 saturated heterocycles. The molecule has 0 amide bonds. The molecule has 2 aromatic heterocycles. The van der Waals surface area contributed by atoms with Crippen molar-refractivity contribution in [2.75, 3.05) is 21.3 Å². The largest absolute Gasteiger partial charge is 0.496 e. The predicted octanol–water partition coefficient (Wildman–Crippen LogP) is 6.40. The molecule has 36 heavy (non-hydrogen) atoms. The van der Waals surface area contributed by atoms with E-state index in [9.17, 15) is 4.79 Å². The Balaban J connectivity index is 1.64. The number of carbonyl (C=O) groups is 1. The third kappa shape index (κ3) is 3.94. The second kappa shape index (κ2) is 8.71.